The van der Waals surface area contributed by atoms with Crippen LogP contribution in [0.3, 0.4) is 0 Å². The summed E-state index contributed by atoms with van der Waals surface area (Å²) in [7, 11) is 0. The van der Waals surface area contributed by atoms with E-state index in [-0.39, 0.29) is 10.8 Å². The average Bonchev–Trinajstić information content (AvgIpc) is 3.05. The van der Waals surface area contributed by atoms with E-state index in [0.29, 0.717) is 18.3 Å². The van der Waals surface area contributed by atoms with Gasteiger partial charge in [-0.1, -0.05) is 44.9 Å². The zero-order chi connectivity index (χ0) is 15.7. The first-order valence-electron chi connectivity index (χ1n) is 8.12. The van der Waals surface area contributed by atoms with Gasteiger partial charge >= 0.3 is 4.87 Å². The maximum absolute atomic E-state index is 12.3. The molecule has 5 nitrogen and oxygen atoms in total. The number of hydrogen-bond donors (Lipinski definition) is 0. The first-order valence-corrected chi connectivity index (χ1v) is 8.93. The molecule has 0 aromatic carbocycles. The summed E-state index contributed by atoms with van der Waals surface area (Å²) in [4.78, 5) is 13.7. The van der Waals surface area contributed by atoms with E-state index in [4.69, 9.17) is 4.42 Å². The fraction of sp³-hybridized carbons (Fsp3) is 0.688. The molecule has 0 spiro atoms. The van der Waals surface area contributed by atoms with Crippen molar-refractivity contribution in [3.63, 3.8) is 0 Å². The van der Waals surface area contributed by atoms with E-state index in [9.17, 15) is 4.79 Å². The second kappa shape index (κ2) is 6.36. The first-order chi connectivity index (χ1) is 10.6. The average molecular weight is 321 g/mol. The zero-order valence-corrected chi connectivity index (χ0v) is 14.3. The van der Waals surface area contributed by atoms with Gasteiger partial charge in [0.25, 0.3) is 0 Å². The number of fused-ring (bicyclic) bond motifs is 1. The second-order valence-corrected chi connectivity index (χ2v) is 7.46. The largest absolute Gasteiger partial charge is 0.423 e. The van der Waals surface area contributed by atoms with Crippen molar-refractivity contribution in [1.82, 2.24) is 14.8 Å². The van der Waals surface area contributed by atoms with Gasteiger partial charge in [0, 0.05) is 16.5 Å². The van der Waals surface area contributed by atoms with Gasteiger partial charge in [0.05, 0.1) is 0 Å². The van der Waals surface area contributed by atoms with Crippen LogP contribution in [0, 0.1) is 5.92 Å². The maximum Gasteiger partial charge on any atom is 0.308 e. The molecule has 120 valence electrons. The predicted molar refractivity (Wildman–Crippen MR) is 86.5 cm³/mol. The topological polar surface area (TPSA) is 60.9 Å². The Bertz CT molecular complexity index is 699. The molecule has 0 N–H and O–H groups in total. The van der Waals surface area contributed by atoms with Crippen molar-refractivity contribution in [2.24, 2.45) is 5.92 Å². The van der Waals surface area contributed by atoms with Crippen LogP contribution in [-0.4, -0.2) is 14.8 Å². The number of nitrogens with zero attached hydrogens (tertiary/aromatic N) is 3. The van der Waals surface area contributed by atoms with Gasteiger partial charge in [-0.2, -0.15) is 0 Å². The Morgan fingerprint density at radius 3 is 2.91 bits per heavy atom. The van der Waals surface area contributed by atoms with Gasteiger partial charge in [0.1, 0.15) is 6.54 Å². The van der Waals surface area contributed by atoms with E-state index in [1.165, 1.54) is 41.2 Å². The lowest BCUT2D eigenvalue weighted by atomic mass is 9.88. The van der Waals surface area contributed by atoms with E-state index in [1.807, 2.05) is 18.4 Å². The molecular weight excluding hydrogens is 298 g/mol. The zero-order valence-electron chi connectivity index (χ0n) is 13.5. The van der Waals surface area contributed by atoms with Crippen LogP contribution in [0.15, 0.2) is 9.21 Å². The molecule has 0 fully saturated rings. The lowest BCUT2D eigenvalue weighted by Crippen LogP contribution is -2.20. The Balaban J connectivity index is 1.82. The van der Waals surface area contributed by atoms with Crippen molar-refractivity contribution in [3.8, 4) is 0 Å². The Labute approximate surface area is 134 Å². The molecule has 1 aliphatic rings. The SMILES string of the molecule is CCC[C@H]1CCc2c(sc(=O)n2Cc2nnc(C(C)C)o2)C1. The van der Waals surface area contributed by atoms with Crippen molar-refractivity contribution in [3.05, 3.63) is 32.0 Å². The highest BCUT2D eigenvalue weighted by molar-refractivity contribution is 7.09. The van der Waals surface area contributed by atoms with Gasteiger partial charge in [-0.3, -0.25) is 9.36 Å². The van der Waals surface area contributed by atoms with E-state index in [2.05, 4.69) is 17.1 Å². The van der Waals surface area contributed by atoms with Crippen molar-refractivity contribution in [2.45, 2.75) is 65.3 Å². The van der Waals surface area contributed by atoms with E-state index < -0.39 is 0 Å². The second-order valence-electron chi connectivity index (χ2n) is 6.41. The molecule has 1 aliphatic carbocycles. The molecule has 0 saturated heterocycles. The number of hydrogen-bond acceptors (Lipinski definition) is 5. The summed E-state index contributed by atoms with van der Waals surface area (Å²) in [5.74, 6) is 2.11. The number of thiazole rings is 1. The minimum Gasteiger partial charge on any atom is -0.423 e. The number of rotatable bonds is 5. The highest BCUT2D eigenvalue weighted by Gasteiger charge is 2.24. The highest BCUT2D eigenvalue weighted by atomic mass is 32.1. The molecule has 0 bridgehead atoms. The monoisotopic (exact) mass is 321 g/mol. The smallest absolute Gasteiger partial charge is 0.308 e. The van der Waals surface area contributed by atoms with Gasteiger partial charge in [-0.25, -0.2) is 0 Å². The maximum atomic E-state index is 12.3. The predicted octanol–water partition coefficient (Wildman–Crippen LogP) is 3.37. The molecule has 3 rings (SSSR count). The number of aromatic nitrogens is 3. The molecule has 6 heteroatoms. The van der Waals surface area contributed by atoms with Crippen LogP contribution in [-0.2, 0) is 19.4 Å². The summed E-state index contributed by atoms with van der Waals surface area (Å²) in [5, 5.41) is 8.12. The van der Waals surface area contributed by atoms with Gasteiger partial charge in [0.15, 0.2) is 0 Å². The molecule has 1 atom stereocenters. The van der Waals surface area contributed by atoms with Crippen molar-refractivity contribution in [1.29, 1.82) is 0 Å². The summed E-state index contributed by atoms with van der Waals surface area (Å²) in [6.07, 6.45) is 5.70. The normalized spacial score (nSPS) is 17.9. The molecule has 2 aromatic heterocycles. The molecular formula is C16H23N3O2S. The van der Waals surface area contributed by atoms with Gasteiger partial charge in [-0.15, -0.1) is 10.2 Å². The Morgan fingerprint density at radius 2 is 2.23 bits per heavy atom. The van der Waals surface area contributed by atoms with Gasteiger partial charge in [-0.05, 0) is 25.2 Å². The third-order valence-electron chi connectivity index (χ3n) is 4.31. The lowest BCUT2D eigenvalue weighted by Gasteiger charge is -2.22. The van der Waals surface area contributed by atoms with Crippen LogP contribution in [0.25, 0.3) is 0 Å². The van der Waals surface area contributed by atoms with E-state index >= 15 is 0 Å². The molecule has 2 heterocycles. The molecule has 0 amide bonds. The molecule has 0 aliphatic heterocycles. The fourth-order valence-corrected chi connectivity index (χ4v) is 4.28. The molecule has 22 heavy (non-hydrogen) atoms. The Kier molecular flexibility index (Phi) is 4.47. The molecule has 0 unspecified atom stereocenters. The highest BCUT2D eigenvalue weighted by Crippen LogP contribution is 2.30. The first kappa shape index (κ1) is 15.5. The van der Waals surface area contributed by atoms with E-state index in [1.54, 1.807) is 0 Å². The fourth-order valence-electron chi connectivity index (χ4n) is 3.13. The minimum atomic E-state index is 0.103. The van der Waals surface area contributed by atoms with Gasteiger partial charge in [0.2, 0.25) is 11.8 Å². The van der Waals surface area contributed by atoms with Crippen LogP contribution in [0.5, 0.6) is 0 Å². The van der Waals surface area contributed by atoms with Gasteiger partial charge < -0.3 is 4.42 Å². The quantitative estimate of drug-likeness (QED) is 0.847. The Hall–Kier alpha value is -1.43. The van der Waals surface area contributed by atoms with Crippen molar-refractivity contribution < 1.29 is 4.42 Å². The summed E-state index contributed by atoms with van der Waals surface area (Å²) in [5.41, 5.74) is 1.19. The van der Waals surface area contributed by atoms with Crippen LogP contribution in [0.4, 0.5) is 0 Å². The summed E-state index contributed by atoms with van der Waals surface area (Å²) >= 11 is 1.40. The van der Waals surface area contributed by atoms with Crippen molar-refractivity contribution >= 4 is 11.3 Å². The standard InChI is InChI=1S/C16H23N3O2S/c1-4-5-11-6-7-12-13(8-11)22-16(20)19(12)9-14-17-18-15(21-14)10(2)3/h10-11H,4-9H2,1-3H3/t11-/m0/s1. The lowest BCUT2D eigenvalue weighted by molar-refractivity contribution is 0.401. The summed E-state index contributed by atoms with van der Waals surface area (Å²) in [6, 6.07) is 0. The van der Waals surface area contributed by atoms with Crippen LogP contribution in [0.1, 0.15) is 68.3 Å². The molecule has 2 aromatic rings. The van der Waals surface area contributed by atoms with Crippen molar-refractivity contribution in [2.75, 3.05) is 0 Å². The molecule has 0 radical (unpaired) electrons. The molecule has 0 saturated carbocycles. The minimum absolute atomic E-state index is 0.103. The third-order valence-corrected chi connectivity index (χ3v) is 5.35. The Morgan fingerprint density at radius 1 is 1.41 bits per heavy atom. The van der Waals surface area contributed by atoms with Crippen LogP contribution < -0.4 is 4.87 Å². The summed E-state index contributed by atoms with van der Waals surface area (Å²) in [6.45, 7) is 6.67. The van der Waals surface area contributed by atoms with Crippen LogP contribution in [0.2, 0.25) is 0 Å². The van der Waals surface area contributed by atoms with Crippen LogP contribution >= 0.6 is 11.3 Å². The summed E-state index contributed by atoms with van der Waals surface area (Å²) < 4.78 is 7.48. The van der Waals surface area contributed by atoms with E-state index in [0.717, 1.165) is 18.8 Å². The third kappa shape index (κ3) is 3.02.